The lowest BCUT2D eigenvalue weighted by Crippen LogP contribution is -1.69. The van der Waals surface area contributed by atoms with Crippen molar-refractivity contribution in [1.29, 1.82) is 0 Å². The quantitative estimate of drug-likeness (QED) is 0.605. The molecule has 0 bridgehead atoms. The van der Waals surface area contributed by atoms with Crippen LogP contribution in [0.1, 0.15) is 5.56 Å². The summed E-state index contributed by atoms with van der Waals surface area (Å²) in [6, 6.07) is 1.94. The highest BCUT2D eigenvalue weighted by atomic mass is 16.2. The first kappa shape index (κ1) is 6.11. The molecular weight excluding hydrogens is 114 g/mol. The van der Waals surface area contributed by atoms with Gasteiger partial charge in [0.15, 0.2) is 0 Å². The topological polar surface area (TPSA) is 36.0 Å². The van der Waals surface area contributed by atoms with Crippen LogP contribution in [-0.4, -0.2) is 16.7 Å². The molecule has 0 saturated carbocycles. The summed E-state index contributed by atoms with van der Waals surface area (Å²) in [6.45, 7) is 0.102. The number of rotatable bonds is 2. The molecule has 2 nitrogen and oxygen atoms in total. The van der Waals surface area contributed by atoms with Gasteiger partial charge in [-0.3, -0.25) is 0 Å². The van der Waals surface area contributed by atoms with Gasteiger partial charge in [0.05, 0.1) is 6.61 Å². The van der Waals surface area contributed by atoms with Crippen molar-refractivity contribution < 1.29 is 5.11 Å². The van der Waals surface area contributed by atoms with Gasteiger partial charge in [-0.25, -0.2) is 0 Å². The van der Waals surface area contributed by atoms with Crippen molar-refractivity contribution in [2.24, 2.45) is 0 Å². The lowest BCUT2D eigenvalue weighted by Gasteiger charge is -1.78. The fourth-order valence-corrected chi connectivity index (χ4v) is 0.629. The van der Waals surface area contributed by atoms with Gasteiger partial charge in [-0.2, -0.15) is 0 Å². The van der Waals surface area contributed by atoms with Gasteiger partial charge in [0.1, 0.15) is 0 Å². The molecule has 0 radical (unpaired) electrons. The van der Waals surface area contributed by atoms with E-state index >= 15 is 0 Å². The molecule has 0 aliphatic rings. The summed E-state index contributed by atoms with van der Waals surface area (Å²) in [5.74, 6) is 0. The Labute approximate surface area is 53.8 Å². The van der Waals surface area contributed by atoms with E-state index in [9.17, 15) is 0 Å². The summed E-state index contributed by atoms with van der Waals surface area (Å²) in [5.41, 5.74) is 1.09. The van der Waals surface area contributed by atoms with E-state index in [1.54, 1.807) is 6.08 Å². The lowest BCUT2D eigenvalue weighted by molar-refractivity contribution is 0.343. The highest BCUT2D eigenvalue weighted by Crippen LogP contribution is 1.97. The van der Waals surface area contributed by atoms with Crippen molar-refractivity contribution in [1.82, 2.24) is 4.98 Å². The van der Waals surface area contributed by atoms with Crippen LogP contribution < -0.4 is 0 Å². The third-order valence-electron chi connectivity index (χ3n) is 1.04. The average Bonchev–Trinajstić information content (AvgIpc) is 2.34. The Morgan fingerprint density at radius 2 is 2.56 bits per heavy atom. The molecule has 0 amide bonds. The van der Waals surface area contributed by atoms with E-state index in [2.05, 4.69) is 4.98 Å². The third kappa shape index (κ3) is 1.74. The van der Waals surface area contributed by atoms with E-state index < -0.39 is 0 Å². The Morgan fingerprint density at radius 3 is 3.11 bits per heavy atom. The predicted molar refractivity (Wildman–Crippen MR) is 36.9 cm³/mol. The molecule has 0 aromatic carbocycles. The summed E-state index contributed by atoms with van der Waals surface area (Å²) in [6.07, 6.45) is 7.27. The second-order valence-electron chi connectivity index (χ2n) is 1.73. The van der Waals surface area contributed by atoms with Crippen LogP contribution >= 0.6 is 0 Å². The van der Waals surface area contributed by atoms with Gasteiger partial charge < -0.3 is 10.1 Å². The van der Waals surface area contributed by atoms with E-state index in [0.717, 1.165) is 5.56 Å². The number of hydrogen-bond acceptors (Lipinski definition) is 1. The molecule has 0 atom stereocenters. The van der Waals surface area contributed by atoms with Crippen molar-refractivity contribution >= 4 is 6.08 Å². The summed E-state index contributed by atoms with van der Waals surface area (Å²) in [4.78, 5) is 2.91. The predicted octanol–water partition coefficient (Wildman–Crippen LogP) is 1.02. The van der Waals surface area contributed by atoms with E-state index in [4.69, 9.17) is 5.11 Å². The SMILES string of the molecule is OCC=Cc1cc[nH]c1. The van der Waals surface area contributed by atoms with Crippen molar-refractivity contribution in [3.8, 4) is 0 Å². The molecule has 0 spiro atoms. The largest absolute Gasteiger partial charge is 0.392 e. The van der Waals surface area contributed by atoms with Gasteiger partial charge in [0, 0.05) is 12.4 Å². The van der Waals surface area contributed by atoms with Crippen molar-refractivity contribution in [3.63, 3.8) is 0 Å². The van der Waals surface area contributed by atoms with Crippen LogP contribution in [0.5, 0.6) is 0 Å². The highest BCUT2D eigenvalue weighted by molar-refractivity contribution is 5.47. The number of hydrogen-bond donors (Lipinski definition) is 2. The van der Waals surface area contributed by atoms with E-state index in [0.29, 0.717) is 0 Å². The first-order valence-electron chi connectivity index (χ1n) is 2.83. The molecule has 0 aliphatic carbocycles. The highest BCUT2D eigenvalue weighted by Gasteiger charge is 1.80. The fourth-order valence-electron chi connectivity index (χ4n) is 0.629. The second kappa shape index (κ2) is 3.10. The number of aromatic amines is 1. The van der Waals surface area contributed by atoms with Gasteiger partial charge in [0.25, 0.3) is 0 Å². The maximum absolute atomic E-state index is 8.37. The monoisotopic (exact) mass is 123 g/mol. The summed E-state index contributed by atoms with van der Waals surface area (Å²) < 4.78 is 0. The van der Waals surface area contributed by atoms with Gasteiger partial charge in [0.2, 0.25) is 0 Å². The number of aliphatic hydroxyl groups is 1. The number of nitrogens with one attached hydrogen (secondary N) is 1. The van der Waals surface area contributed by atoms with Gasteiger partial charge in [-0.15, -0.1) is 0 Å². The van der Waals surface area contributed by atoms with Crippen LogP contribution in [0, 0.1) is 0 Å². The fraction of sp³-hybridized carbons (Fsp3) is 0.143. The molecular formula is C7H9NO. The standard InChI is InChI=1S/C7H9NO/c9-5-1-2-7-3-4-8-6-7/h1-4,6,8-9H,5H2. The maximum Gasteiger partial charge on any atom is 0.0615 e. The molecule has 0 fully saturated rings. The zero-order chi connectivity index (χ0) is 6.53. The minimum absolute atomic E-state index is 0.102. The van der Waals surface area contributed by atoms with Crippen LogP contribution in [0.3, 0.4) is 0 Å². The molecule has 9 heavy (non-hydrogen) atoms. The Bertz CT molecular complexity index is 177. The number of H-pyrrole nitrogens is 1. The molecule has 1 aromatic heterocycles. The summed E-state index contributed by atoms with van der Waals surface area (Å²) in [5, 5.41) is 8.37. The molecule has 2 N–H and O–H groups in total. The van der Waals surface area contributed by atoms with Crippen LogP contribution in [0.2, 0.25) is 0 Å². The van der Waals surface area contributed by atoms with E-state index in [-0.39, 0.29) is 6.61 Å². The molecule has 48 valence electrons. The molecule has 0 saturated heterocycles. The second-order valence-corrected chi connectivity index (χ2v) is 1.73. The smallest absolute Gasteiger partial charge is 0.0615 e. The number of aliphatic hydroxyl groups excluding tert-OH is 1. The van der Waals surface area contributed by atoms with E-state index in [1.807, 2.05) is 24.5 Å². The Kier molecular flexibility index (Phi) is 2.10. The maximum atomic E-state index is 8.37. The zero-order valence-electron chi connectivity index (χ0n) is 5.04. The van der Waals surface area contributed by atoms with Crippen LogP contribution in [0.4, 0.5) is 0 Å². The molecule has 2 heteroatoms. The molecule has 0 unspecified atom stereocenters. The van der Waals surface area contributed by atoms with Gasteiger partial charge in [-0.05, 0) is 11.6 Å². The minimum atomic E-state index is 0.102. The molecule has 1 aromatic rings. The third-order valence-corrected chi connectivity index (χ3v) is 1.04. The molecule has 1 rings (SSSR count). The van der Waals surface area contributed by atoms with Gasteiger partial charge >= 0.3 is 0 Å². The minimum Gasteiger partial charge on any atom is -0.392 e. The molecule has 0 aliphatic heterocycles. The Morgan fingerprint density at radius 1 is 1.67 bits per heavy atom. The zero-order valence-corrected chi connectivity index (χ0v) is 5.04. The van der Waals surface area contributed by atoms with Crippen molar-refractivity contribution in [2.75, 3.05) is 6.61 Å². The van der Waals surface area contributed by atoms with Crippen LogP contribution in [0.15, 0.2) is 24.5 Å². The van der Waals surface area contributed by atoms with Crippen LogP contribution in [0.25, 0.3) is 6.08 Å². The first-order chi connectivity index (χ1) is 4.43. The van der Waals surface area contributed by atoms with Crippen LogP contribution in [-0.2, 0) is 0 Å². The Hall–Kier alpha value is -1.02. The normalized spacial score (nSPS) is 10.8. The van der Waals surface area contributed by atoms with Crippen molar-refractivity contribution in [2.45, 2.75) is 0 Å². The first-order valence-corrected chi connectivity index (χ1v) is 2.83. The lowest BCUT2D eigenvalue weighted by atomic mass is 10.3. The van der Waals surface area contributed by atoms with E-state index in [1.165, 1.54) is 0 Å². The summed E-state index contributed by atoms with van der Waals surface area (Å²) in [7, 11) is 0. The molecule has 1 heterocycles. The Balaban J connectivity index is 2.57. The van der Waals surface area contributed by atoms with Gasteiger partial charge in [-0.1, -0.05) is 12.2 Å². The summed E-state index contributed by atoms with van der Waals surface area (Å²) >= 11 is 0. The van der Waals surface area contributed by atoms with Crippen molar-refractivity contribution in [3.05, 3.63) is 30.1 Å². The number of aromatic nitrogens is 1. The average molecular weight is 123 g/mol.